The molecule has 2 N–H and O–H groups in total. The van der Waals surface area contributed by atoms with Gasteiger partial charge in [-0.3, -0.25) is 4.79 Å². The monoisotopic (exact) mass is 284 g/mol. The van der Waals surface area contributed by atoms with Gasteiger partial charge in [0, 0.05) is 6.04 Å². The predicted octanol–water partition coefficient (Wildman–Crippen LogP) is 3.22. The highest BCUT2D eigenvalue weighted by Gasteiger charge is 2.21. The molecule has 4 heteroatoms. The van der Waals surface area contributed by atoms with Crippen LogP contribution < -0.4 is 16.0 Å². The van der Waals surface area contributed by atoms with Crippen molar-refractivity contribution in [2.75, 3.05) is 12.8 Å². The van der Waals surface area contributed by atoms with Crippen molar-refractivity contribution in [3.05, 3.63) is 46.8 Å². The Bertz CT molecular complexity index is 683. The van der Waals surface area contributed by atoms with Gasteiger partial charge in [0.2, 0.25) is 0 Å². The van der Waals surface area contributed by atoms with Gasteiger partial charge in [0.15, 0.2) is 0 Å². The van der Waals surface area contributed by atoms with E-state index in [0.29, 0.717) is 5.69 Å². The minimum absolute atomic E-state index is 0.0739. The van der Waals surface area contributed by atoms with Gasteiger partial charge in [0.1, 0.15) is 5.75 Å². The molecule has 21 heavy (non-hydrogen) atoms. The van der Waals surface area contributed by atoms with Crippen molar-refractivity contribution in [1.82, 2.24) is 4.57 Å². The van der Waals surface area contributed by atoms with E-state index in [-0.39, 0.29) is 11.6 Å². The van der Waals surface area contributed by atoms with Gasteiger partial charge in [0.05, 0.1) is 18.5 Å². The van der Waals surface area contributed by atoms with Gasteiger partial charge >= 0.3 is 0 Å². The first-order valence-corrected chi connectivity index (χ1v) is 7.36. The van der Waals surface area contributed by atoms with E-state index >= 15 is 0 Å². The van der Waals surface area contributed by atoms with Gasteiger partial charge < -0.3 is 15.0 Å². The number of nitrogen functional groups attached to an aromatic ring is 1. The standard InChI is InChI=1S/C17H20N2O2/c1-21-14-8-6-12(7-9-14)16-11-10-15(18)17(20)19(16)13-4-2-3-5-13/h6-11,13H,2-5,18H2,1H3. The van der Waals surface area contributed by atoms with Crippen molar-refractivity contribution in [2.45, 2.75) is 31.7 Å². The fourth-order valence-electron chi connectivity index (χ4n) is 3.09. The highest BCUT2D eigenvalue weighted by molar-refractivity contribution is 5.62. The first-order chi connectivity index (χ1) is 10.2. The minimum atomic E-state index is -0.0739. The number of aromatic nitrogens is 1. The van der Waals surface area contributed by atoms with Gasteiger partial charge in [-0.25, -0.2) is 0 Å². The normalized spacial score (nSPS) is 15.3. The van der Waals surface area contributed by atoms with Gasteiger partial charge in [-0.1, -0.05) is 12.8 Å². The van der Waals surface area contributed by atoms with Crippen LogP contribution in [0.3, 0.4) is 0 Å². The molecule has 0 bridgehead atoms. The molecule has 0 unspecified atom stereocenters. The van der Waals surface area contributed by atoms with Crippen LogP contribution in [-0.4, -0.2) is 11.7 Å². The Morgan fingerprint density at radius 2 is 1.76 bits per heavy atom. The second kappa shape index (κ2) is 5.64. The highest BCUT2D eigenvalue weighted by Crippen LogP contribution is 2.33. The summed E-state index contributed by atoms with van der Waals surface area (Å²) in [5, 5.41) is 0. The van der Waals surface area contributed by atoms with E-state index < -0.39 is 0 Å². The van der Waals surface area contributed by atoms with Crippen molar-refractivity contribution in [2.24, 2.45) is 0 Å². The van der Waals surface area contributed by atoms with Gasteiger partial charge in [0.25, 0.3) is 5.56 Å². The molecule has 2 aromatic rings. The lowest BCUT2D eigenvalue weighted by Crippen LogP contribution is -2.27. The largest absolute Gasteiger partial charge is 0.497 e. The number of hydrogen-bond donors (Lipinski definition) is 1. The molecule has 110 valence electrons. The van der Waals surface area contributed by atoms with Crippen molar-refractivity contribution in [3.63, 3.8) is 0 Å². The summed E-state index contributed by atoms with van der Waals surface area (Å²) in [6, 6.07) is 11.7. The van der Waals surface area contributed by atoms with Crippen LogP contribution >= 0.6 is 0 Å². The molecule has 0 saturated heterocycles. The molecule has 1 saturated carbocycles. The maximum Gasteiger partial charge on any atom is 0.274 e. The third kappa shape index (κ3) is 2.53. The number of nitrogens with zero attached hydrogens (tertiary/aromatic N) is 1. The van der Waals surface area contributed by atoms with E-state index in [9.17, 15) is 4.79 Å². The minimum Gasteiger partial charge on any atom is -0.497 e. The van der Waals surface area contributed by atoms with Gasteiger partial charge in [-0.2, -0.15) is 0 Å². The maximum absolute atomic E-state index is 12.5. The Morgan fingerprint density at radius 3 is 2.38 bits per heavy atom. The molecule has 4 nitrogen and oxygen atoms in total. The molecule has 3 rings (SSSR count). The SMILES string of the molecule is COc1ccc(-c2ccc(N)c(=O)n2C2CCCC2)cc1. The zero-order valence-corrected chi connectivity index (χ0v) is 12.2. The van der Waals surface area contributed by atoms with E-state index in [1.165, 1.54) is 12.8 Å². The van der Waals surface area contributed by atoms with Crippen LogP contribution in [0.2, 0.25) is 0 Å². The molecule has 1 fully saturated rings. The molecule has 0 amide bonds. The lowest BCUT2D eigenvalue weighted by molar-refractivity contribution is 0.415. The van der Waals surface area contributed by atoms with E-state index in [1.807, 2.05) is 34.9 Å². The second-order valence-electron chi connectivity index (χ2n) is 5.52. The summed E-state index contributed by atoms with van der Waals surface area (Å²) in [5.41, 5.74) is 8.02. The first-order valence-electron chi connectivity index (χ1n) is 7.36. The van der Waals surface area contributed by atoms with Crippen LogP contribution in [-0.2, 0) is 0 Å². The predicted molar refractivity (Wildman–Crippen MR) is 84.6 cm³/mol. The van der Waals surface area contributed by atoms with Gasteiger partial charge in [-0.05, 0) is 54.8 Å². The summed E-state index contributed by atoms with van der Waals surface area (Å²) < 4.78 is 7.07. The average molecular weight is 284 g/mol. The Hall–Kier alpha value is -2.23. The Labute approximate surface area is 124 Å². The summed E-state index contributed by atoms with van der Waals surface area (Å²) >= 11 is 0. The number of methoxy groups -OCH3 is 1. The Morgan fingerprint density at radius 1 is 1.10 bits per heavy atom. The van der Waals surface area contributed by atoms with Crippen LogP contribution in [0.1, 0.15) is 31.7 Å². The molecule has 1 aromatic carbocycles. The molecule has 0 spiro atoms. The third-order valence-electron chi connectivity index (χ3n) is 4.22. The van der Waals surface area contributed by atoms with E-state index in [4.69, 9.17) is 10.5 Å². The number of benzene rings is 1. The lowest BCUT2D eigenvalue weighted by Gasteiger charge is -2.19. The van der Waals surface area contributed by atoms with E-state index in [1.54, 1.807) is 13.2 Å². The summed E-state index contributed by atoms with van der Waals surface area (Å²) in [5.74, 6) is 0.809. The summed E-state index contributed by atoms with van der Waals surface area (Å²) in [6.07, 6.45) is 4.45. The van der Waals surface area contributed by atoms with Crippen LogP contribution in [0.5, 0.6) is 5.75 Å². The number of pyridine rings is 1. The molecule has 1 heterocycles. The number of ether oxygens (including phenoxy) is 1. The fourth-order valence-corrected chi connectivity index (χ4v) is 3.09. The molecular formula is C17H20N2O2. The summed E-state index contributed by atoms with van der Waals surface area (Å²) in [4.78, 5) is 12.5. The molecule has 1 aliphatic carbocycles. The number of nitrogens with two attached hydrogens (primary N) is 1. The number of hydrogen-bond acceptors (Lipinski definition) is 3. The summed E-state index contributed by atoms with van der Waals surface area (Å²) in [6.45, 7) is 0. The van der Waals surface area contributed by atoms with E-state index in [0.717, 1.165) is 29.8 Å². The molecule has 0 radical (unpaired) electrons. The van der Waals surface area contributed by atoms with Crippen molar-refractivity contribution in [3.8, 4) is 17.0 Å². The quantitative estimate of drug-likeness (QED) is 0.941. The molecule has 1 aromatic heterocycles. The Balaban J connectivity index is 2.12. The van der Waals surface area contributed by atoms with Crippen LogP contribution in [0.4, 0.5) is 5.69 Å². The van der Waals surface area contributed by atoms with Crippen molar-refractivity contribution < 1.29 is 4.74 Å². The lowest BCUT2D eigenvalue weighted by atomic mass is 10.1. The fraction of sp³-hybridized carbons (Fsp3) is 0.353. The van der Waals surface area contributed by atoms with Crippen LogP contribution in [0, 0.1) is 0 Å². The van der Waals surface area contributed by atoms with Crippen molar-refractivity contribution in [1.29, 1.82) is 0 Å². The zero-order chi connectivity index (χ0) is 14.8. The topological polar surface area (TPSA) is 57.2 Å². The smallest absolute Gasteiger partial charge is 0.274 e. The molecular weight excluding hydrogens is 264 g/mol. The third-order valence-corrected chi connectivity index (χ3v) is 4.22. The molecule has 0 aliphatic heterocycles. The van der Waals surface area contributed by atoms with Crippen LogP contribution in [0.25, 0.3) is 11.3 Å². The molecule has 0 atom stereocenters. The Kier molecular flexibility index (Phi) is 3.69. The molecule has 1 aliphatic rings. The van der Waals surface area contributed by atoms with Gasteiger partial charge in [-0.15, -0.1) is 0 Å². The highest BCUT2D eigenvalue weighted by atomic mass is 16.5. The summed E-state index contributed by atoms with van der Waals surface area (Å²) in [7, 11) is 1.65. The first kappa shape index (κ1) is 13.7. The second-order valence-corrected chi connectivity index (χ2v) is 5.52. The van der Waals surface area contributed by atoms with Crippen LogP contribution in [0.15, 0.2) is 41.2 Å². The average Bonchev–Trinajstić information content (AvgIpc) is 3.04. The number of anilines is 1. The van der Waals surface area contributed by atoms with Crippen molar-refractivity contribution >= 4 is 5.69 Å². The number of rotatable bonds is 3. The van der Waals surface area contributed by atoms with E-state index in [2.05, 4.69) is 0 Å². The maximum atomic E-state index is 12.5. The zero-order valence-electron chi connectivity index (χ0n) is 12.2.